The van der Waals surface area contributed by atoms with Crippen LogP contribution in [-0.4, -0.2) is 76.6 Å². The van der Waals surface area contributed by atoms with E-state index in [2.05, 4.69) is 0 Å². The van der Waals surface area contributed by atoms with E-state index in [9.17, 15) is 37.5 Å². The molecule has 0 radical (unpaired) electrons. The van der Waals surface area contributed by atoms with Gasteiger partial charge in [-0.15, -0.1) is 0 Å². The number of anilines is 2. The molecule has 0 aliphatic carbocycles. The Morgan fingerprint density at radius 1 is 1.00 bits per heavy atom. The fourth-order valence-corrected chi connectivity index (χ4v) is 5.19. The van der Waals surface area contributed by atoms with Gasteiger partial charge in [-0.1, -0.05) is 37.3 Å². The van der Waals surface area contributed by atoms with Crippen LogP contribution in [0.25, 0.3) is 0 Å². The first-order valence-electron chi connectivity index (χ1n) is 15.7. The Bertz CT molecular complexity index is 1540. The van der Waals surface area contributed by atoms with Crippen LogP contribution in [0.15, 0.2) is 36.4 Å². The second kappa shape index (κ2) is 14.9. The number of benzene rings is 2. The number of carbonyl (C=O) groups excluding carboxylic acids is 3. The Morgan fingerprint density at radius 3 is 2.10 bits per heavy atom. The minimum absolute atomic E-state index is 0.103. The highest BCUT2D eigenvalue weighted by Gasteiger charge is 2.48. The van der Waals surface area contributed by atoms with Crippen LogP contribution in [0.1, 0.15) is 72.9 Å². The molecule has 0 aromatic heterocycles. The number of nitrogens with zero attached hydrogens (tertiary/aromatic N) is 3. The Kier molecular flexibility index (Phi) is 11.8. The summed E-state index contributed by atoms with van der Waals surface area (Å²) in [6, 6.07) is 7.76. The van der Waals surface area contributed by atoms with Crippen LogP contribution in [0.4, 0.5) is 38.5 Å². The van der Waals surface area contributed by atoms with Gasteiger partial charge in [0.15, 0.2) is 5.82 Å². The largest absolute Gasteiger partial charge is 0.487 e. The van der Waals surface area contributed by atoms with E-state index in [1.54, 1.807) is 65.0 Å². The van der Waals surface area contributed by atoms with Gasteiger partial charge in [0.1, 0.15) is 35.8 Å². The van der Waals surface area contributed by atoms with Crippen molar-refractivity contribution in [1.29, 1.82) is 0 Å². The predicted molar refractivity (Wildman–Crippen MR) is 172 cm³/mol. The Balaban J connectivity index is 2.21. The molecule has 0 fully saturated rings. The second-order valence-corrected chi connectivity index (χ2v) is 13.7. The summed E-state index contributed by atoms with van der Waals surface area (Å²) in [5, 5.41) is 10.3. The number of carboxylic acid groups (broad SMARTS) is 1. The molecule has 0 saturated carbocycles. The number of esters is 1. The molecule has 1 heterocycles. The van der Waals surface area contributed by atoms with Crippen molar-refractivity contribution in [3.63, 3.8) is 0 Å². The van der Waals surface area contributed by atoms with Gasteiger partial charge in [0.05, 0.1) is 11.7 Å². The average molecular weight is 698 g/mol. The number of amides is 3. The lowest BCUT2D eigenvalue weighted by Crippen LogP contribution is -2.50. The monoisotopic (exact) mass is 697 g/mol. The van der Waals surface area contributed by atoms with Gasteiger partial charge in [-0.2, -0.15) is 13.2 Å². The summed E-state index contributed by atoms with van der Waals surface area (Å²) in [7, 11) is 0. The van der Waals surface area contributed by atoms with E-state index in [1.165, 1.54) is 25.7 Å². The number of hydrogen-bond donors (Lipinski definition) is 1. The van der Waals surface area contributed by atoms with Gasteiger partial charge in [-0.3, -0.25) is 19.4 Å². The molecule has 0 bridgehead atoms. The van der Waals surface area contributed by atoms with Gasteiger partial charge in [0.2, 0.25) is 0 Å². The molecule has 270 valence electrons. The summed E-state index contributed by atoms with van der Waals surface area (Å²) in [4.78, 5) is 53.5. The summed E-state index contributed by atoms with van der Waals surface area (Å²) in [6.07, 6.45) is -7.76. The molecule has 11 nitrogen and oxygen atoms in total. The fraction of sp³-hybridized carbons (Fsp3) is 0.529. The van der Waals surface area contributed by atoms with Crippen LogP contribution < -0.4 is 14.5 Å². The first-order valence-corrected chi connectivity index (χ1v) is 15.7. The molecule has 1 N–H and O–H groups in total. The number of rotatable bonds is 10. The summed E-state index contributed by atoms with van der Waals surface area (Å²) in [6.45, 7) is 11.0. The van der Waals surface area contributed by atoms with Crippen molar-refractivity contribution < 1.29 is 56.1 Å². The summed E-state index contributed by atoms with van der Waals surface area (Å²) >= 11 is 0. The van der Waals surface area contributed by atoms with Crippen molar-refractivity contribution >= 4 is 35.4 Å². The topological polar surface area (TPSA) is 126 Å². The third-order valence-corrected chi connectivity index (χ3v) is 7.41. The maximum atomic E-state index is 16.8. The number of halogens is 4. The number of alkyl halides is 3. The molecule has 15 heteroatoms. The molecule has 3 rings (SSSR count). The number of fused-ring (bicyclic) bond motifs is 1. The first-order chi connectivity index (χ1) is 22.5. The molecular formula is C34H43F4N3O8. The number of ether oxygens (including phenoxy) is 3. The van der Waals surface area contributed by atoms with Gasteiger partial charge >= 0.3 is 30.2 Å². The Morgan fingerprint density at radius 2 is 1.59 bits per heavy atom. The molecular weight excluding hydrogens is 654 g/mol. The van der Waals surface area contributed by atoms with Gasteiger partial charge in [0, 0.05) is 30.6 Å². The van der Waals surface area contributed by atoms with Crippen molar-refractivity contribution in [2.45, 2.75) is 104 Å². The van der Waals surface area contributed by atoms with E-state index < -0.39 is 83.7 Å². The fourth-order valence-electron chi connectivity index (χ4n) is 5.19. The molecule has 0 saturated heterocycles. The summed E-state index contributed by atoms with van der Waals surface area (Å²) < 4.78 is 75.2. The summed E-state index contributed by atoms with van der Waals surface area (Å²) in [5.74, 6) is -5.85. The van der Waals surface area contributed by atoms with Crippen molar-refractivity contribution in [3.05, 3.63) is 53.3 Å². The van der Waals surface area contributed by atoms with Crippen molar-refractivity contribution in [3.8, 4) is 5.75 Å². The molecule has 2 aromatic carbocycles. The van der Waals surface area contributed by atoms with E-state index in [1.807, 2.05) is 0 Å². The zero-order valence-electron chi connectivity index (χ0n) is 28.8. The molecule has 0 unspecified atom stereocenters. The highest BCUT2D eigenvalue weighted by molar-refractivity contribution is 6.03. The smallest absolute Gasteiger partial charge is 0.471 e. The van der Waals surface area contributed by atoms with Crippen LogP contribution in [-0.2, 0) is 32.1 Å². The Labute approximate surface area is 282 Å². The molecule has 2 atom stereocenters. The third kappa shape index (κ3) is 9.98. The zero-order chi connectivity index (χ0) is 37.1. The van der Waals surface area contributed by atoms with Crippen molar-refractivity contribution in [1.82, 2.24) is 4.90 Å². The van der Waals surface area contributed by atoms with Crippen LogP contribution >= 0.6 is 0 Å². The van der Waals surface area contributed by atoms with Crippen LogP contribution in [0.3, 0.4) is 0 Å². The lowest BCUT2D eigenvalue weighted by molar-refractivity contribution is -0.171. The minimum atomic E-state index is -5.55. The lowest BCUT2D eigenvalue weighted by atomic mass is 10.1. The quantitative estimate of drug-likeness (QED) is 0.206. The molecule has 1 aliphatic heterocycles. The molecule has 49 heavy (non-hydrogen) atoms. The Hall–Kier alpha value is -4.56. The predicted octanol–water partition coefficient (Wildman–Crippen LogP) is 7.09. The molecule has 0 spiro atoms. The van der Waals surface area contributed by atoms with Gasteiger partial charge in [-0.25, -0.2) is 14.0 Å². The maximum absolute atomic E-state index is 16.8. The van der Waals surface area contributed by atoms with E-state index in [0.29, 0.717) is 12.0 Å². The minimum Gasteiger partial charge on any atom is -0.487 e. The first kappa shape index (κ1) is 38.9. The molecule has 3 amide bonds. The number of carbonyl (C=O) groups is 4. The third-order valence-electron chi connectivity index (χ3n) is 7.41. The van der Waals surface area contributed by atoms with E-state index in [4.69, 9.17) is 14.2 Å². The van der Waals surface area contributed by atoms with Crippen LogP contribution in [0.2, 0.25) is 0 Å². The van der Waals surface area contributed by atoms with Gasteiger partial charge in [-0.05, 0) is 60.5 Å². The zero-order valence-corrected chi connectivity index (χ0v) is 28.8. The number of hydrogen-bond acceptors (Lipinski definition) is 7. The maximum Gasteiger partial charge on any atom is 0.471 e. The van der Waals surface area contributed by atoms with Crippen molar-refractivity contribution in [2.24, 2.45) is 0 Å². The lowest BCUT2D eigenvalue weighted by Gasteiger charge is -2.35. The summed E-state index contributed by atoms with van der Waals surface area (Å²) in [5.41, 5.74) is -3.15. The molecule has 1 aliphatic rings. The van der Waals surface area contributed by atoms with E-state index >= 15 is 4.39 Å². The normalized spacial score (nSPS) is 15.3. The van der Waals surface area contributed by atoms with Crippen LogP contribution in [0, 0.1) is 5.82 Å². The molecule has 2 aromatic rings. The second-order valence-electron chi connectivity index (χ2n) is 13.7. The van der Waals surface area contributed by atoms with Gasteiger partial charge in [0.25, 0.3) is 0 Å². The van der Waals surface area contributed by atoms with Crippen molar-refractivity contribution in [2.75, 3.05) is 22.9 Å². The van der Waals surface area contributed by atoms with Gasteiger partial charge < -0.3 is 24.2 Å². The van der Waals surface area contributed by atoms with E-state index in [-0.39, 0.29) is 29.3 Å². The highest BCUT2D eigenvalue weighted by atomic mass is 19.4. The standard InChI is InChI=1S/C34H43F4N3O8/c1-9-20(2)39(31(46)49-33(6,7)8)17-22-15-23-24(41(22)30(44)45)16-25(47-19-21-13-11-10-12-14-21)28(27(23)35)40(29(43)34(36,37)38)18-26(42)48-32(3,4)5/h10-14,16,20,22H,9,15,17-19H2,1-8H3,(H,44,45)/t20-,22-/m1/s1. The van der Waals surface area contributed by atoms with Crippen LogP contribution in [0.5, 0.6) is 5.75 Å². The SMILES string of the molecule is CC[C@@H](C)N(C[C@H]1Cc2c(cc(OCc3ccccc3)c(N(CC(=O)OC(C)(C)C)C(=O)C(F)(F)F)c2F)N1C(=O)O)C(=O)OC(C)(C)C. The highest BCUT2D eigenvalue weighted by Crippen LogP contribution is 2.45. The van der Waals surface area contributed by atoms with E-state index in [0.717, 1.165) is 11.0 Å². The average Bonchev–Trinajstić information content (AvgIpc) is 3.34.